The summed E-state index contributed by atoms with van der Waals surface area (Å²) in [5, 5.41) is 10.3. The highest BCUT2D eigenvalue weighted by molar-refractivity contribution is 6.30. The Morgan fingerprint density at radius 2 is 0.773 bits per heavy atom. The van der Waals surface area contributed by atoms with Gasteiger partial charge in [-0.25, -0.2) is 0 Å². The third kappa shape index (κ3) is 3.85. The predicted molar refractivity (Wildman–Crippen MR) is 189 cm³/mol. The molecule has 0 radical (unpaired) electrons. The number of hydrogen-bond donors (Lipinski definition) is 0. The second-order valence-electron chi connectivity index (χ2n) is 11.7. The molecule has 0 fully saturated rings. The van der Waals surface area contributed by atoms with Crippen LogP contribution in [-0.2, 0) is 0 Å². The van der Waals surface area contributed by atoms with Gasteiger partial charge >= 0.3 is 0 Å². The van der Waals surface area contributed by atoms with Crippen molar-refractivity contribution in [1.29, 1.82) is 0 Å². The molecule has 0 aliphatic rings. The molecule has 0 unspecified atom stereocenters. The van der Waals surface area contributed by atoms with E-state index in [1.807, 2.05) is 0 Å². The molecule has 9 rings (SSSR count). The van der Waals surface area contributed by atoms with E-state index in [2.05, 4.69) is 170 Å². The van der Waals surface area contributed by atoms with Crippen LogP contribution in [-0.4, -0.2) is 0 Å². The lowest BCUT2D eigenvalue weighted by Crippen LogP contribution is -1.93. The van der Waals surface area contributed by atoms with Gasteiger partial charge in [-0.3, -0.25) is 0 Å². The molecule has 0 aliphatic heterocycles. The summed E-state index contributed by atoms with van der Waals surface area (Å²) < 4.78 is 0. The van der Waals surface area contributed by atoms with E-state index in [9.17, 15) is 0 Å². The summed E-state index contributed by atoms with van der Waals surface area (Å²) in [5.41, 5.74) is 10.0. The Balaban J connectivity index is 1.40. The molecule has 204 valence electrons. The molecule has 0 N–H and O–H groups in total. The van der Waals surface area contributed by atoms with Crippen molar-refractivity contribution in [3.63, 3.8) is 0 Å². The fourth-order valence-corrected chi connectivity index (χ4v) is 7.17. The molecule has 0 saturated heterocycles. The molecule has 0 saturated carbocycles. The number of rotatable bonds is 4. The molecule has 0 atom stereocenters. The molecule has 44 heavy (non-hydrogen) atoms. The fraction of sp³-hybridized carbons (Fsp3) is 0. The summed E-state index contributed by atoms with van der Waals surface area (Å²) in [6.07, 6.45) is 0. The van der Waals surface area contributed by atoms with E-state index in [4.69, 9.17) is 0 Å². The SMILES string of the molecule is c1ccc(-c2ccc3ccc4c(-c5ccccc5)cc(-c5ccccc5-c5ccc6ccccc6c5)c5ccc2c3c45)cc1. The summed E-state index contributed by atoms with van der Waals surface area (Å²) >= 11 is 0. The van der Waals surface area contributed by atoms with Gasteiger partial charge in [0.25, 0.3) is 0 Å². The van der Waals surface area contributed by atoms with E-state index < -0.39 is 0 Å². The summed E-state index contributed by atoms with van der Waals surface area (Å²) in [4.78, 5) is 0. The summed E-state index contributed by atoms with van der Waals surface area (Å²) in [6.45, 7) is 0. The van der Waals surface area contributed by atoms with E-state index in [0.717, 1.165) is 0 Å². The zero-order valence-corrected chi connectivity index (χ0v) is 24.2. The van der Waals surface area contributed by atoms with Crippen molar-refractivity contribution in [2.24, 2.45) is 0 Å². The topological polar surface area (TPSA) is 0 Å². The largest absolute Gasteiger partial charge is 0.0622 e. The fourth-order valence-electron chi connectivity index (χ4n) is 7.17. The van der Waals surface area contributed by atoms with E-state index in [0.29, 0.717) is 0 Å². The van der Waals surface area contributed by atoms with Crippen LogP contribution in [0.15, 0.2) is 170 Å². The molecule has 0 bridgehead atoms. The normalized spacial score (nSPS) is 11.6. The Morgan fingerprint density at radius 3 is 1.55 bits per heavy atom. The number of hydrogen-bond acceptors (Lipinski definition) is 0. The second kappa shape index (κ2) is 9.93. The van der Waals surface area contributed by atoms with Crippen molar-refractivity contribution in [3.8, 4) is 44.5 Å². The average Bonchev–Trinajstić information content (AvgIpc) is 3.11. The van der Waals surface area contributed by atoms with Crippen molar-refractivity contribution in [3.05, 3.63) is 170 Å². The van der Waals surface area contributed by atoms with Gasteiger partial charge in [0.05, 0.1) is 0 Å². The molecule has 0 amide bonds. The van der Waals surface area contributed by atoms with Crippen molar-refractivity contribution >= 4 is 43.1 Å². The minimum atomic E-state index is 1.23. The van der Waals surface area contributed by atoms with Gasteiger partial charge < -0.3 is 0 Å². The molecule has 0 heteroatoms. The van der Waals surface area contributed by atoms with Gasteiger partial charge in [0.15, 0.2) is 0 Å². The molecule has 9 aromatic carbocycles. The molecule has 0 aromatic heterocycles. The Hall–Kier alpha value is -5.72. The third-order valence-electron chi connectivity index (χ3n) is 9.23. The highest BCUT2D eigenvalue weighted by Crippen LogP contribution is 2.47. The van der Waals surface area contributed by atoms with Gasteiger partial charge in [0, 0.05) is 0 Å². The van der Waals surface area contributed by atoms with E-state index in [1.54, 1.807) is 0 Å². The van der Waals surface area contributed by atoms with Gasteiger partial charge in [0.2, 0.25) is 0 Å². The minimum Gasteiger partial charge on any atom is -0.0622 e. The number of benzene rings is 9. The smallest absolute Gasteiger partial charge is 0.00141 e. The zero-order chi connectivity index (χ0) is 29.0. The maximum atomic E-state index is 2.43. The van der Waals surface area contributed by atoms with Crippen LogP contribution in [0.1, 0.15) is 0 Å². The van der Waals surface area contributed by atoms with Gasteiger partial charge in [-0.1, -0.05) is 158 Å². The Kier molecular flexibility index (Phi) is 5.61. The van der Waals surface area contributed by atoms with Gasteiger partial charge in [-0.05, 0) is 99.7 Å². The van der Waals surface area contributed by atoms with E-state index in [1.165, 1.54) is 87.6 Å². The molecule has 9 aromatic rings. The van der Waals surface area contributed by atoms with Crippen LogP contribution in [0.5, 0.6) is 0 Å². The highest BCUT2D eigenvalue weighted by atomic mass is 14.2. The quantitative estimate of drug-likeness (QED) is 0.189. The maximum Gasteiger partial charge on any atom is -0.00141 e. The van der Waals surface area contributed by atoms with Gasteiger partial charge in [-0.15, -0.1) is 0 Å². The molecular formula is C44H28. The Bertz CT molecular complexity index is 2470. The van der Waals surface area contributed by atoms with Crippen LogP contribution < -0.4 is 0 Å². The van der Waals surface area contributed by atoms with Crippen LogP contribution in [0.25, 0.3) is 87.6 Å². The van der Waals surface area contributed by atoms with Crippen LogP contribution in [0.3, 0.4) is 0 Å². The molecule has 0 nitrogen and oxygen atoms in total. The summed E-state index contributed by atoms with van der Waals surface area (Å²) in [5.74, 6) is 0. The monoisotopic (exact) mass is 556 g/mol. The summed E-state index contributed by atoms with van der Waals surface area (Å²) in [7, 11) is 0. The van der Waals surface area contributed by atoms with Crippen LogP contribution >= 0.6 is 0 Å². The lowest BCUT2D eigenvalue weighted by molar-refractivity contribution is 1.61. The predicted octanol–water partition coefficient (Wildman–Crippen LogP) is 12.4. The van der Waals surface area contributed by atoms with Crippen molar-refractivity contribution in [2.45, 2.75) is 0 Å². The van der Waals surface area contributed by atoms with Crippen molar-refractivity contribution in [1.82, 2.24) is 0 Å². The lowest BCUT2D eigenvalue weighted by Gasteiger charge is -2.21. The van der Waals surface area contributed by atoms with Crippen molar-refractivity contribution < 1.29 is 0 Å². The molecular weight excluding hydrogens is 528 g/mol. The Morgan fingerprint density at radius 1 is 0.227 bits per heavy atom. The molecule has 0 aliphatic carbocycles. The first-order valence-corrected chi connectivity index (χ1v) is 15.3. The molecule has 0 heterocycles. The van der Waals surface area contributed by atoms with Crippen LogP contribution in [0.4, 0.5) is 0 Å². The van der Waals surface area contributed by atoms with Crippen LogP contribution in [0, 0.1) is 0 Å². The lowest BCUT2D eigenvalue weighted by atomic mass is 9.82. The van der Waals surface area contributed by atoms with E-state index in [-0.39, 0.29) is 0 Å². The second-order valence-corrected chi connectivity index (χ2v) is 11.7. The first kappa shape index (κ1) is 24.8. The first-order chi connectivity index (χ1) is 21.8. The van der Waals surface area contributed by atoms with Gasteiger partial charge in [-0.2, -0.15) is 0 Å². The van der Waals surface area contributed by atoms with Crippen LogP contribution in [0.2, 0.25) is 0 Å². The van der Waals surface area contributed by atoms with Gasteiger partial charge in [0.1, 0.15) is 0 Å². The Labute approximate surface area is 256 Å². The first-order valence-electron chi connectivity index (χ1n) is 15.3. The third-order valence-corrected chi connectivity index (χ3v) is 9.23. The maximum absolute atomic E-state index is 2.43. The highest BCUT2D eigenvalue weighted by Gasteiger charge is 2.19. The van der Waals surface area contributed by atoms with E-state index >= 15 is 0 Å². The minimum absolute atomic E-state index is 1.23. The zero-order valence-electron chi connectivity index (χ0n) is 24.2. The van der Waals surface area contributed by atoms with Crippen molar-refractivity contribution in [2.75, 3.05) is 0 Å². The molecule has 0 spiro atoms. The number of fused-ring (bicyclic) bond motifs is 1. The standard InChI is InChI=1S/C44H28/c1-3-12-30(13-4-1)36-23-21-32-22-24-39-41(31-14-5-2-6-15-31)28-42(40-26-25-38(36)43(32)44(39)40)37-18-10-9-17-35(37)34-20-19-29-11-7-8-16-33(29)27-34/h1-28H. The summed E-state index contributed by atoms with van der Waals surface area (Å²) in [6, 6.07) is 62.3. The average molecular weight is 557 g/mol.